The Morgan fingerprint density at radius 2 is 2.06 bits per heavy atom. The summed E-state index contributed by atoms with van der Waals surface area (Å²) in [6.45, 7) is -0.285. The fourth-order valence-corrected chi connectivity index (χ4v) is 1.23. The monoisotopic (exact) mass is 235 g/mol. The van der Waals surface area contributed by atoms with E-state index in [1.807, 2.05) is 0 Å². The highest BCUT2D eigenvalue weighted by Gasteiger charge is 2.17. The molecule has 0 saturated heterocycles. The highest BCUT2D eigenvalue weighted by atomic mass is 19.3. The van der Waals surface area contributed by atoms with Crippen LogP contribution in [0.5, 0.6) is 5.88 Å². The normalized spacial score (nSPS) is 11.2. The summed E-state index contributed by atoms with van der Waals surface area (Å²) in [6.07, 6.45) is 0. The zero-order valence-corrected chi connectivity index (χ0v) is 8.88. The summed E-state index contributed by atoms with van der Waals surface area (Å²) in [6, 6.07) is 1.06. The van der Waals surface area contributed by atoms with Crippen molar-refractivity contribution in [2.75, 3.05) is 0 Å². The lowest BCUT2D eigenvalue weighted by atomic mass is 10.0. The van der Waals surface area contributed by atoms with Crippen LogP contribution in [-0.4, -0.2) is 16.7 Å². The van der Waals surface area contributed by atoms with E-state index >= 15 is 0 Å². The molecule has 0 radical (unpaired) electrons. The van der Waals surface area contributed by atoms with E-state index in [-0.39, 0.29) is 23.1 Å². The minimum atomic E-state index is -3.03. The summed E-state index contributed by atoms with van der Waals surface area (Å²) in [7, 11) is 0. The first kappa shape index (κ1) is 12.8. The number of hydrogen-bond donors (Lipinski definition) is 1. The van der Waals surface area contributed by atoms with Crippen molar-refractivity contribution in [2.24, 2.45) is 0 Å². The number of nitrogens with zero attached hydrogens (tertiary/aromatic N) is 1. The van der Waals surface area contributed by atoms with Gasteiger partial charge in [0, 0.05) is 5.56 Å². The maximum Gasteiger partial charge on any atom is 0.388 e. The second-order valence-electron chi connectivity index (χ2n) is 3.50. The highest BCUT2D eigenvalue weighted by Crippen LogP contribution is 2.27. The van der Waals surface area contributed by atoms with Gasteiger partial charge < -0.3 is 9.84 Å². The number of alkyl halides is 2. The summed E-state index contributed by atoms with van der Waals surface area (Å²) in [4.78, 5) is 3.52. The minimum absolute atomic E-state index is 0.205. The van der Waals surface area contributed by atoms with E-state index in [2.05, 4.69) is 9.72 Å². The molecule has 1 rings (SSSR count). The molecule has 6 heteroatoms. The lowest BCUT2D eigenvalue weighted by molar-refractivity contribution is -0.0539. The van der Waals surface area contributed by atoms with Crippen LogP contribution >= 0.6 is 0 Å². The standard InChI is InChI=1S/C10H12F3NO2/c1-5(2)6-3-7(11)8(4-15)14-9(6)16-10(12)13/h3,5,10,15H,4H2,1-2H3. The first-order valence-corrected chi connectivity index (χ1v) is 4.70. The predicted octanol–water partition coefficient (Wildman–Crippen LogP) is 2.44. The van der Waals surface area contributed by atoms with Crippen molar-refractivity contribution in [2.45, 2.75) is 33.0 Å². The SMILES string of the molecule is CC(C)c1cc(F)c(CO)nc1OC(F)F. The van der Waals surface area contributed by atoms with Crippen LogP contribution in [0.2, 0.25) is 0 Å². The van der Waals surface area contributed by atoms with Gasteiger partial charge >= 0.3 is 6.61 Å². The molecule has 0 fully saturated rings. The zero-order valence-electron chi connectivity index (χ0n) is 8.88. The number of rotatable bonds is 4. The average molecular weight is 235 g/mol. The number of aromatic nitrogens is 1. The topological polar surface area (TPSA) is 42.4 Å². The fraction of sp³-hybridized carbons (Fsp3) is 0.500. The lowest BCUT2D eigenvalue weighted by Crippen LogP contribution is -2.10. The van der Waals surface area contributed by atoms with Crippen LogP contribution in [0.4, 0.5) is 13.2 Å². The molecule has 0 bridgehead atoms. The first-order valence-electron chi connectivity index (χ1n) is 4.70. The molecule has 0 saturated carbocycles. The molecule has 0 aromatic carbocycles. The molecule has 3 nitrogen and oxygen atoms in total. The van der Waals surface area contributed by atoms with E-state index in [0.717, 1.165) is 6.07 Å². The van der Waals surface area contributed by atoms with Crippen LogP contribution in [0.1, 0.15) is 31.0 Å². The Bertz CT molecular complexity index is 369. The van der Waals surface area contributed by atoms with E-state index in [1.165, 1.54) is 0 Å². The number of ether oxygens (including phenoxy) is 1. The molecule has 1 N–H and O–H groups in total. The van der Waals surface area contributed by atoms with Gasteiger partial charge in [-0.1, -0.05) is 13.8 Å². The summed E-state index contributed by atoms with van der Waals surface area (Å²) in [5.41, 5.74) is -0.0601. The van der Waals surface area contributed by atoms with Gasteiger partial charge in [0.2, 0.25) is 5.88 Å². The fourth-order valence-electron chi connectivity index (χ4n) is 1.23. The molecule has 0 atom stereocenters. The van der Waals surface area contributed by atoms with Crippen LogP contribution in [0.3, 0.4) is 0 Å². The van der Waals surface area contributed by atoms with Gasteiger partial charge in [0.25, 0.3) is 0 Å². The van der Waals surface area contributed by atoms with Crippen molar-refractivity contribution in [3.8, 4) is 5.88 Å². The van der Waals surface area contributed by atoms with Crippen molar-refractivity contribution in [1.82, 2.24) is 4.98 Å². The van der Waals surface area contributed by atoms with E-state index in [0.29, 0.717) is 0 Å². The third-order valence-electron chi connectivity index (χ3n) is 2.01. The van der Waals surface area contributed by atoms with Gasteiger partial charge in [0.1, 0.15) is 11.5 Å². The Labute approximate surface area is 90.9 Å². The van der Waals surface area contributed by atoms with Crippen LogP contribution in [0.15, 0.2) is 6.07 Å². The number of aliphatic hydroxyl groups excluding tert-OH is 1. The summed E-state index contributed by atoms with van der Waals surface area (Å²) in [5, 5.41) is 8.76. The Morgan fingerprint density at radius 3 is 2.50 bits per heavy atom. The van der Waals surface area contributed by atoms with Crippen LogP contribution < -0.4 is 4.74 Å². The lowest BCUT2D eigenvalue weighted by Gasteiger charge is -2.13. The molecule has 0 unspecified atom stereocenters. The minimum Gasteiger partial charge on any atom is -0.417 e. The number of pyridine rings is 1. The van der Waals surface area contributed by atoms with E-state index in [9.17, 15) is 13.2 Å². The first-order chi connectivity index (χ1) is 7.45. The largest absolute Gasteiger partial charge is 0.417 e. The zero-order chi connectivity index (χ0) is 12.3. The van der Waals surface area contributed by atoms with Gasteiger partial charge in [0.05, 0.1) is 6.61 Å². The van der Waals surface area contributed by atoms with E-state index in [1.54, 1.807) is 13.8 Å². The quantitative estimate of drug-likeness (QED) is 0.871. The molecule has 1 aromatic rings. The maximum atomic E-state index is 13.3. The number of aliphatic hydroxyl groups is 1. The maximum absolute atomic E-state index is 13.3. The van der Waals surface area contributed by atoms with E-state index < -0.39 is 19.0 Å². The summed E-state index contributed by atoms with van der Waals surface area (Å²) in [5.74, 6) is -1.27. The average Bonchev–Trinajstić information content (AvgIpc) is 2.19. The van der Waals surface area contributed by atoms with Gasteiger partial charge in [-0.2, -0.15) is 8.78 Å². The van der Waals surface area contributed by atoms with Gasteiger partial charge in [-0.3, -0.25) is 0 Å². The van der Waals surface area contributed by atoms with E-state index in [4.69, 9.17) is 5.11 Å². The second-order valence-corrected chi connectivity index (χ2v) is 3.50. The van der Waals surface area contributed by atoms with Crippen molar-refractivity contribution in [1.29, 1.82) is 0 Å². The molecule has 0 aliphatic heterocycles. The smallest absolute Gasteiger partial charge is 0.388 e. The van der Waals surface area contributed by atoms with Crippen molar-refractivity contribution >= 4 is 0 Å². The van der Waals surface area contributed by atoms with Gasteiger partial charge in [-0.15, -0.1) is 0 Å². The highest BCUT2D eigenvalue weighted by molar-refractivity contribution is 5.31. The van der Waals surface area contributed by atoms with Crippen molar-refractivity contribution in [3.05, 3.63) is 23.1 Å². The summed E-state index contributed by atoms with van der Waals surface area (Å²) < 4.78 is 41.6. The van der Waals surface area contributed by atoms with Gasteiger partial charge in [-0.25, -0.2) is 9.37 Å². The molecule has 90 valence electrons. The molecule has 0 amide bonds. The van der Waals surface area contributed by atoms with Gasteiger partial charge in [0.15, 0.2) is 0 Å². The summed E-state index contributed by atoms with van der Waals surface area (Å²) >= 11 is 0. The molecular weight excluding hydrogens is 223 g/mol. The Balaban J connectivity index is 3.19. The Kier molecular flexibility index (Phi) is 4.12. The Hall–Kier alpha value is -1.30. The van der Waals surface area contributed by atoms with Crippen LogP contribution in [0, 0.1) is 5.82 Å². The van der Waals surface area contributed by atoms with Gasteiger partial charge in [-0.05, 0) is 12.0 Å². The third kappa shape index (κ3) is 2.85. The molecule has 1 aromatic heterocycles. The predicted molar refractivity (Wildman–Crippen MR) is 50.8 cm³/mol. The molecule has 16 heavy (non-hydrogen) atoms. The second kappa shape index (κ2) is 5.16. The third-order valence-corrected chi connectivity index (χ3v) is 2.01. The molecular formula is C10H12F3NO2. The van der Waals surface area contributed by atoms with Crippen LogP contribution in [0.25, 0.3) is 0 Å². The Morgan fingerprint density at radius 1 is 1.44 bits per heavy atom. The number of halogens is 3. The molecule has 0 aliphatic carbocycles. The molecule has 1 heterocycles. The molecule has 0 aliphatic rings. The molecule has 0 spiro atoms. The number of hydrogen-bond acceptors (Lipinski definition) is 3. The van der Waals surface area contributed by atoms with Crippen molar-refractivity contribution in [3.63, 3.8) is 0 Å². The van der Waals surface area contributed by atoms with Crippen LogP contribution in [-0.2, 0) is 6.61 Å². The van der Waals surface area contributed by atoms with Crippen molar-refractivity contribution < 1.29 is 23.0 Å².